The molecular weight excluding hydrogens is 323 g/mol. The fraction of sp³-hybridized carbons (Fsp3) is 0.438. The molecule has 22 heavy (non-hydrogen) atoms. The van der Waals surface area contributed by atoms with Crippen molar-refractivity contribution in [3.8, 4) is 0 Å². The van der Waals surface area contributed by atoms with E-state index >= 15 is 0 Å². The molecule has 0 radical (unpaired) electrons. The van der Waals surface area contributed by atoms with Crippen molar-refractivity contribution in [2.45, 2.75) is 25.3 Å². The minimum atomic E-state index is -0.185. The van der Waals surface area contributed by atoms with Crippen molar-refractivity contribution in [2.75, 3.05) is 13.2 Å². The third-order valence-electron chi connectivity index (χ3n) is 3.65. The van der Waals surface area contributed by atoms with Crippen molar-refractivity contribution in [3.05, 3.63) is 46.0 Å². The molecule has 0 bridgehead atoms. The summed E-state index contributed by atoms with van der Waals surface area (Å²) in [6.07, 6.45) is 6.20. The van der Waals surface area contributed by atoms with Crippen LogP contribution in [0.2, 0.25) is 10.0 Å². The van der Waals surface area contributed by atoms with E-state index in [9.17, 15) is 4.79 Å². The van der Waals surface area contributed by atoms with Crippen molar-refractivity contribution in [2.24, 2.45) is 5.92 Å². The molecule has 6 heteroatoms. The molecule has 1 aromatic carbocycles. The number of aliphatic hydroxyl groups is 1. The number of aryl methyl sites for hydroxylation is 1. The highest BCUT2D eigenvalue weighted by Crippen LogP contribution is 2.22. The third kappa shape index (κ3) is 5.20. The Morgan fingerprint density at radius 1 is 1.32 bits per heavy atom. The van der Waals surface area contributed by atoms with Gasteiger partial charge in [0.05, 0.1) is 0 Å². The van der Waals surface area contributed by atoms with Crippen LogP contribution in [0.15, 0.2) is 30.4 Å². The van der Waals surface area contributed by atoms with E-state index < -0.39 is 0 Å². The highest BCUT2D eigenvalue weighted by molar-refractivity contribution is 6.35. The zero-order valence-electron chi connectivity index (χ0n) is 12.2. The topological polar surface area (TPSA) is 61.4 Å². The smallest absolute Gasteiger partial charge is 0.315 e. The van der Waals surface area contributed by atoms with Gasteiger partial charge in [-0.25, -0.2) is 4.79 Å². The number of halogens is 2. The first kappa shape index (κ1) is 17.1. The summed E-state index contributed by atoms with van der Waals surface area (Å²) in [5.41, 5.74) is 1.03. The van der Waals surface area contributed by atoms with Gasteiger partial charge in [-0.3, -0.25) is 0 Å². The van der Waals surface area contributed by atoms with Crippen LogP contribution < -0.4 is 10.6 Å². The van der Waals surface area contributed by atoms with E-state index in [0.29, 0.717) is 16.6 Å². The molecule has 0 aliphatic heterocycles. The van der Waals surface area contributed by atoms with E-state index in [1.807, 2.05) is 24.3 Å². The third-order valence-corrected chi connectivity index (χ3v) is 4.23. The maximum atomic E-state index is 11.8. The number of benzene rings is 1. The maximum absolute atomic E-state index is 11.8. The Balaban J connectivity index is 1.64. The fourth-order valence-electron chi connectivity index (χ4n) is 2.44. The molecule has 2 amide bonds. The minimum absolute atomic E-state index is 0.00265. The van der Waals surface area contributed by atoms with Gasteiger partial charge in [-0.15, -0.1) is 0 Å². The zero-order chi connectivity index (χ0) is 15.9. The molecule has 1 aromatic rings. The summed E-state index contributed by atoms with van der Waals surface area (Å²) < 4.78 is 0. The Labute approximate surface area is 140 Å². The van der Waals surface area contributed by atoms with Gasteiger partial charge in [0.15, 0.2) is 0 Å². The lowest BCUT2D eigenvalue weighted by Gasteiger charge is -2.13. The molecular formula is C16H20Cl2N2O2. The van der Waals surface area contributed by atoms with Gasteiger partial charge in [0.25, 0.3) is 0 Å². The van der Waals surface area contributed by atoms with Crippen LogP contribution in [0.1, 0.15) is 18.4 Å². The van der Waals surface area contributed by atoms with E-state index in [4.69, 9.17) is 28.3 Å². The standard InChI is InChI=1S/C16H20Cl2N2O2/c17-13-5-4-12(15(18)9-13)2-1-7-19-16(22)20-14-6-3-11(8-14)10-21/h3-6,9,11,14,21H,1-2,7-8,10H2,(H2,19,20,22)/t11-,14+/m0/s1. The lowest BCUT2D eigenvalue weighted by atomic mass is 10.1. The van der Waals surface area contributed by atoms with Crippen molar-refractivity contribution in [1.29, 1.82) is 0 Å². The molecule has 3 N–H and O–H groups in total. The second-order valence-corrected chi connectivity index (χ2v) is 6.25. The van der Waals surface area contributed by atoms with Gasteiger partial charge < -0.3 is 15.7 Å². The second kappa shape index (κ2) is 8.42. The SMILES string of the molecule is O=C(NCCCc1ccc(Cl)cc1Cl)N[C@@H]1C=C[C@H](CO)C1. The lowest BCUT2D eigenvalue weighted by molar-refractivity contribution is 0.231. The van der Waals surface area contributed by atoms with Gasteiger partial charge in [0, 0.05) is 35.2 Å². The van der Waals surface area contributed by atoms with Crippen LogP contribution in [0.3, 0.4) is 0 Å². The van der Waals surface area contributed by atoms with Crippen molar-refractivity contribution < 1.29 is 9.90 Å². The number of aliphatic hydroxyl groups excluding tert-OH is 1. The molecule has 0 spiro atoms. The molecule has 4 nitrogen and oxygen atoms in total. The van der Waals surface area contributed by atoms with Crippen molar-refractivity contribution >= 4 is 29.2 Å². The van der Waals surface area contributed by atoms with Gasteiger partial charge in [-0.2, -0.15) is 0 Å². The molecule has 120 valence electrons. The van der Waals surface area contributed by atoms with Gasteiger partial charge in [0.2, 0.25) is 0 Å². The predicted octanol–water partition coefficient (Wildman–Crippen LogP) is 3.16. The molecule has 1 aliphatic rings. The second-order valence-electron chi connectivity index (χ2n) is 5.41. The Kier molecular flexibility index (Phi) is 6.55. The Morgan fingerprint density at radius 2 is 2.14 bits per heavy atom. The number of rotatable bonds is 6. The average molecular weight is 343 g/mol. The number of hydrogen-bond donors (Lipinski definition) is 3. The molecule has 0 aromatic heterocycles. The fourth-order valence-corrected chi connectivity index (χ4v) is 2.94. The number of carbonyl (C=O) groups excluding carboxylic acids is 1. The molecule has 0 saturated carbocycles. The highest BCUT2D eigenvalue weighted by atomic mass is 35.5. The summed E-state index contributed by atoms with van der Waals surface area (Å²) in [7, 11) is 0. The van der Waals surface area contributed by atoms with Gasteiger partial charge in [-0.05, 0) is 37.0 Å². The lowest BCUT2D eigenvalue weighted by Crippen LogP contribution is -2.41. The molecule has 0 saturated heterocycles. The highest BCUT2D eigenvalue weighted by Gasteiger charge is 2.19. The first-order valence-electron chi connectivity index (χ1n) is 7.36. The summed E-state index contributed by atoms with van der Waals surface area (Å²) in [4.78, 5) is 11.8. The zero-order valence-corrected chi connectivity index (χ0v) is 13.7. The number of carbonyl (C=O) groups is 1. The summed E-state index contributed by atoms with van der Waals surface area (Å²) in [5.74, 6) is 0.150. The number of amides is 2. The maximum Gasteiger partial charge on any atom is 0.315 e. The van der Waals surface area contributed by atoms with Gasteiger partial charge in [-0.1, -0.05) is 41.4 Å². The van der Waals surface area contributed by atoms with Crippen LogP contribution in [-0.2, 0) is 6.42 Å². The number of urea groups is 1. The van der Waals surface area contributed by atoms with Crippen molar-refractivity contribution in [3.63, 3.8) is 0 Å². The summed E-state index contributed by atoms with van der Waals surface area (Å²) in [6.45, 7) is 0.697. The van der Waals surface area contributed by atoms with Gasteiger partial charge in [0.1, 0.15) is 0 Å². The van der Waals surface area contributed by atoms with E-state index in [0.717, 1.165) is 24.8 Å². The summed E-state index contributed by atoms with van der Waals surface area (Å²) in [6, 6.07) is 5.26. The summed E-state index contributed by atoms with van der Waals surface area (Å²) >= 11 is 12.0. The molecule has 0 heterocycles. The Hall–Kier alpha value is -1.23. The van der Waals surface area contributed by atoms with Crippen LogP contribution in [0.25, 0.3) is 0 Å². The van der Waals surface area contributed by atoms with Gasteiger partial charge >= 0.3 is 6.03 Å². The van der Waals surface area contributed by atoms with E-state index in [-0.39, 0.29) is 24.6 Å². The van der Waals surface area contributed by atoms with Crippen LogP contribution in [0, 0.1) is 5.92 Å². The minimum Gasteiger partial charge on any atom is -0.396 e. The van der Waals surface area contributed by atoms with Crippen LogP contribution in [0.4, 0.5) is 4.79 Å². The number of hydrogen-bond acceptors (Lipinski definition) is 2. The normalized spacial score (nSPS) is 20.1. The van der Waals surface area contributed by atoms with Crippen molar-refractivity contribution in [1.82, 2.24) is 10.6 Å². The van der Waals surface area contributed by atoms with E-state index in [1.54, 1.807) is 6.07 Å². The molecule has 0 unspecified atom stereocenters. The first-order chi connectivity index (χ1) is 10.6. The predicted molar refractivity (Wildman–Crippen MR) is 89.4 cm³/mol. The monoisotopic (exact) mass is 342 g/mol. The number of nitrogens with one attached hydrogen (secondary N) is 2. The Morgan fingerprint density at radius 3 is 2.82 bits per heavy atom. The first-order valence-corrected chi connectivity index (χ1v) is 8.11. The largest absolute Gasteiger partial charge is 0.396 e. The van der Waals surface area contributed by atoms with E-state index in [2.05, 4.69) is 10.6 Å². The summed E-state index contributed by atoms with van der Waals surface area (Å²) in [5, 5.41) is 16.0. The quantitative estimate of drug-likeness (QED) is 0.549. The van der Waals surface area contributed by atoms with E-state index in [1.165, 1.54) is 0 Å². The molecule has 2 atom stereocenters. The Bertz CT molecular complexity index is 549. The van der Waals surface area contributed by atoms with Crippen LogP contribution >= 0.6 is 23.2 Å². The van der Waals surface area contributed by atoms with Crippen LogP contribution in [-0.4, -0.2) is 30.3 Å². The molecule has 2 rings (SSSR count). The molecule has 1 aliphatic carbocycles. The van der Waals surface area contributed by atoms with Crippen LogP contribution in [0.5, 0.6) is 0 Å². The average Bonchev–Trinajstić information content (AvgIpc) is 2.93. The molecule has 0 fully saturated rings.